The lowest BCUT2D eigenvalue weighted by Gasteiger charge is -2.26. The summed E-state index contributed by atoms with van der Waals surface area (Å²) in [5.74, 6) is 0.0000744. The fourth-order valence-corrected chi connectivity index (χ4v) is 4.50. The van der Waals surface area contributed by atoms with Crippen LogP contribution in [0.5, 0.6) is 11.5 Å². The van der Waals surface area contributed by atoms with Gasteiger partial charge in [-0.15, -0.1) is 0 Å². The Labute approximate surface area is 179 Å². The first kappa shape index (κ1) is 22.7. The van der Waals surface area contributed by atoms with Crippen molar-refractivity contribution in [1.82, 2.24) is 4.31 Å². The van der Waals surface area contributed by atoms with Gasteiger partial charge in [0.2, 0.25) is 15.8 Å². The lowest BCUT2D eigenvalue weighted by molar-refractivity contribution is -0.386. The molecule has 0 saturated carbocycles. The van der Waals surface area contributed by atoms with Gasteiger partial charge in [0.15, 0.2) is 11.9 Å². The Morgan fingerprint density at radius 1 is 1.16 bits per heavy atom. The number of methoxy groups -OCH3 is 1. The highest BCUT2D eigenvalue weighted by molar-refractivity contribution is 7.89. The highest BCUT2D eigenvalue weighted by atomic mass is 32.2. The average molecular weight is 450 g/mol. The van der Waals surface area contributed by atoms with Crippen molar-refractivity contribution in [2.24, 2.45) is 0 Å². The normalized spacial score (nSPS) is 15.8. The number of rotatable bonds is 8. The molecule has 0 amide bonds. The molecule has 1 aliphatic rings. The number of ketones is 1. The Morgan fingerprint density at radius 3 is 2.39 bits per heavy atom. The topological polar surface area (TPSA) is 125 Å². The minimum absolute atomic E-state index is 0.168. The lowest BCUT2D eigenvalue weighted by atomic mass is 10.1. The van der Waals surface area contributed by atoms with E-state index in [0.29, 0.717) is 11.3 Å². The van der Waals surface area contributed by atoms with E-state index in [0.717, 1.165) is 6.07 Å². The molecular weight excluding hydrogens is 428 g/mol. The van der Waals surface area contributed by atoms with Crippen molar-refractivity contribution < 1.29 is 32.3 Å². The summed E-state index contributed by atoms with van der Waals surface area (Å²) in [6.45, 7) is 2.32. The summed E-state index contributed by atoms with van der Waals surface area (Å²) < 4.78 is 42.5. The van der Waals surface area contributed by atoms with Gasteiger partial charge in [0.1, 0.15) is 5.75 Å². The Kier molecular flexibility index (Phi) is 6.88. The first-order valence-corrected chi connectivity index (χ1v) is 10.9. The monoisotopic (exact) mass is 450 g/mol. The third kappa shape index (κ3) is 5.01. The summed E-state index contributed by atoms with van der Waals surface area (Å²) in [6, 6.07) is 9.74. The average Bonchev–Trinajstić information content (AvgIpc) is 2.79. The summed E-state index contributed by atoms with van der Waals surface area (Å²) in [5, 5.41) is 11.6. The molecule has 166 valence electrons. The van der Waals surface area contributed by atoms with Crippen molar-refractivity contribution in [2.45, 2.75) is 17.9 Å². The Balaban J connectivity index is 1.83. The summed E-state index contributed by atoms with van der Waals surface area (Å²) in [4.78, 5) is 23.2. The van der Waals surface area contributed by atoms with Crippen molar-refractivity contribution in [2.75, 3.05) is 33.4 Å². The number of ether oxygens (including phenoxy) is 3. The van der Waals surface area contributed by atoms with Crippen LogP contribution in [0.3, 0.4) is 0 Å². The number of morpholine rings is 1. The largest absolute Gasteiger partial charge is 0.497 e. The van der Waals surface area contributed by atoms with Crippen molar-refractivity contribution in [1.29, 1.82) is 0 Å². The molecule has 1 heterocycles. The predicted octanol–water partition coefficient (Wildman–Crippen LogP) is 2.27. The van der Waals surface area contributed by atoms with Gasteiger partial charge in [-0.3, -0.25) is 14.9 Å². The molecule has 1 unspecified atom stereocenters. The van der Waals surface area contributed by atoms with Crippen molar-refractivity contribution in [3.63, 3.8) is 0 Å². The number of nitro benzene ring substituents is 1. The molecule has 0 aliphatic carbocycles. The standard InChI is InChI=1S/C20H22N2O8S/c1-14(20(23)15-3-5-16(28-2)6-4-15)30-19-8-7-17(13-18(19)22(24)25)31(26,27)21-9-11-29-12-10-21/h3-8,13-14H,9-12H2,1-2H3. The molecule has 31 heavy (non-hydrogen) atoms. The van der Waals surface area contributed by atoms with Crippen molar-refractivity contribution in [3.8, 4) is 11.5 Å². The summed E-state index contributed by atoms with van der Waals surface area (Å²) in [5.41, 5.74) is -0.189. The summed E-state index contributed by atoms with van der Waals surface area (Å²) in [7, 11) is -2.41. The third-order valence-electron chi connectivity index (χ3n) is 4.78. The van der Waals surface area contributed by atoms with Crippen LogP contribution in [0, 0.1) is 10.1 Å². The van der Waals surface area contributed by atoms with Gasteiger partial charge in [0, 0.05) is 24.7 Å². The van der Waals surface area contributed by atoms with Crippen LogP contribution in [-0.2, 0) is 14.8 Å². The number of nitrogens with zero attached hydrogens (tertiary/aromatic N) is 2. The molecular formula is C20H22N2O8S. The molecule has 1 atom stereocenters. The number of hydrogen-bond acceptors (Lipinski definition) is 8. The number of carbonyl (C=O) groups excluding carboxylic acids is 1. The van der Waals surface area contributed by atoms with Crippen LogP contribution in [0.15, 0.2) is 47.4 Å². The molecule has 2 aromatic rings. The van der Waals surface area contributed by atoms with Crippen LogP contribution in [0.25, 0.3) is 0 Å². The zero-order chi connectivity index (χ0) is 22.6. The molecule has 10 nitrogen and oxygen atoms in total. The zero-order valence-corrected chi connectivity index (χ0v) is 17.8. The SMILES string of the molecule is COc1ccc(C(=O)C(C)Oc2ccc(S(=O)(=O)N3CCOCC3)cc2[N+](=O)[O-])cc1. The number of carbonyl (C=O) groups is 1. The van der Waals surface area contributed by atoms with E-state index in [1.54, 1.807) is 24.3 Å². The van der Waals surface area contributed by atoms with Gasteiger partial charge >= 0.3 is 5.69 Å². The molecule has 0 aromatic heterocycles. The van der Waals surface area contributed by atoms with Crippen LogP contribution < -0.4 is 9.47 Å². The van der Waals surface area contributed by atoms with Gasteiger partial charge in [0.05, 0.1) is 30.1 Å². The van der Waals surface area contributed by atoms with E-state index < -0.39 is 26.7 Å². The van der Waals surface area contributed by atoms with E-state index in [1.807, 2.05) is 0 Å². The second kappa shape index (κ2) is 9.41. The van der Waals surface area contributed by atoms with Crippen LogP contribution in [0.4, 0.5) is 5.69 Å². The molecule has 2 aromatic carbocycles. The third-order valence-corrected chi connectivity index (χ3v) is 6.68. The second-order valence-corrected chi connectivity index (χ2v) is 8.69. The number of sulfonamides is 1. The van der Waals surface area contributed by atoms with Crippen LogP contribution in [-0.4, -0.2) is 62.9 Å². The molecule has 1 saturated heterocycles. The maximum Gasteiger partial charge on any atom is 0.312 e. The summed E-state index contributed by atoms with van der Waals surface area (Å²) >= 11 is 0. The fraction of sp³-hybridized carbons (Fsp3) is 0.350. The Hall–Kier alpha value is -3.02. The van der Waals surface area contributed by atoms with Crippen molar-refractivity contribution >= 4 is 21.5 Å². The summed E-state index contributed by atoms with van der Waals surface area (Å²) in [6.07, 6.45) is -1.03. The zero-order valence-electron chi connectivity index (χ0n) is 17.0. The maximum absolute atomic E-state index is 12.8. The fourth-order valence-electron chi connectivity index (χ4n) is 3.07. The van der Waals surface area contributed by atoms with Gasteiger partial charge in [-0.2, -0.15) is 4.31 Å². The van der Waals surface area contributed by atoms with Crippen LogP contribution in [0.1, 0.15) is 17.3 Å². The molecule has 1 fully saturated rings. The van der Waals surface area contributed by atoms with Gasteiger partial charge < -0.3 is 14.2 Å². The minimum Gasteiger partial charge on any atom is -0.497 e. The first-order chi connectivity index (χ1) is 14.7. The van der Waals surface area contributed by atoms with Gasteiger partial charge in [0.25, 0.3) is 0 Å². The molecule has 11 heteroatoms. The number of Topliss-reactive ketones (excluding diaryl/α,β-unsaturated/α-hetero) is 1. The van der Waals surface area contributed by atoms with Gasteiger partial charge in [-0.25, -0.2) is 8.42 Å². The van der Waals surface area contributed by atoms with E-state index in [1.165, 1.54) is 30.5 Å². The number of nitro groups is 1. The Morgan fingerprint density at radius 2 is 1.81 bits per heavy atom. The number of benzene rings is 2. The maximum atomic E-state index is 12.8. The first-order valence-electron chi connectivity index (χ1n) is 9.45. The van der Waals surface area contributed by atoms with E-state index in [4.69, 9.17) is 14.2 Å². The number of hydrogen-bond donors (Lipinski definition) is 0. The lowest BCUT2D eigenvalue weighted by Crippen LogP contribution is -2.40. The highest BCUT2D eigenvalue weighted by Gasteiger charge is 2.30. The molecule has 0 radical (unpaired) electrons. The molecule has 1 aliphatic heterocycles. The highest BCUT2D eigenvalue weighted by Crippen LogP contribution is 2.32. The second-order valence-electron chi connectivity index (χ2n) is 6.76. The van der Waals surface area contributed by atoms with Gasteiger partial charge in [-0.05, 0) is 43.3 Å². The molecule has 0 N–H and O–H groups in total. The predicted molar refractivity (Wildman–Crippen MR) is 110 cm³/mol. The van der Waals surface area contributed by atoms with E-state index >= 15 is 0 Å². The minimum atomic E-state index is -3.91. The molecule has 0 bridgehead atoms. The Bertz CT molecular complexity index is 1060. The van der Waals surface area contributed by atoms with Crippen molar-refractivity contribution in [3.05, 3.63) is 58.1 Å². The van der Waals surface area contributed by atoms with Crippen LogP contribution in [0.2, 0.25) is 0 Å². The molecule has 3 rings (SSSR count). The smallest absolute Gasteiger partial charge is 0.312 e. The van der Waals surface area contributed by atoms with Crippen LogP contribution >= 0.6 is 0 Å². The van der Waals surface area contributed by atoms with E-state index in [9.17, 15) is 23.3 Å². The molecule has 0 spiro atoms. The van der Waals surface area contributed by atoms with E-state index in [2.05, 4.69) is 0 Å². The quantitative estimate of drug-likeness (QED) is 0.341. The van der Waals surface area contributed by atoms with Gasteiger partial charge in [-0.1, -0.05) is 0 Å². The van der Waals surface area contributed by atoms with E-state index in [-0.39, 0.29) is 42.7 Å².